The molecule has 0 amide bonds. The Labute approximate surface area is 135 Å². The van der Waals surface area contributed by atoms with E-state index < -0.39 is 11.4 Å². The molecule has 0 spiro atoms. The number of benzene rings is 1. The average molecular weight is 325 g/mol. The van der Waals surface area contributed by atoms with Crippen LogP contribution in [0.4, 0.5) is 0 Å². The van der Waals surface area contributed by atoms with E-state index in [-0.39, 0.29) is 11.9 Å². The van der Waals surface area contributed by atoms with Crippen LogP contribution in [0.25, 0.3) is 0 Å². The van der Waals surface area contributed by atoms with Gasteiger partial charge in [0, 0.05) is 11.8 Å². The first-order chi connectivity index (χ1) is 10.5. The number of halogens is 1. The Kier molecular flexibility index (Phi) is 5.46. The van der Waals surface area contributed by atoms with Crippen LogP contribution in [0.3, 0.4) is 0 Å². The standard InChI is InChI=1S/C17H21ClO4/c1-22-15(19)13-7-5-12(6-8-13)14-11-17(14,16(20)21)9-3-2-4-10-18/h5-8,14H,2-4,9-11H2,1H3,(H,20,21)/t14-,17-/m1/s1. The van der Waals surface area contributed by atoms with Gasteiger partial charge in [-0.15, -0.1) is 11.6 Å². The molecule has 22 heavy (non-hydrogen) atoms. The van der Waals surface area contributed by atoms with Crippen LogP contribution in [0.15, 0.2) is 24.3 Å². The quantitative estimate of drug-likeness (QED) is 0.448. The molecule has 1 aliphatic rings. The minimum atomic E-state index is -0.722. The highest BCUT2D eigenvalue weighted by Gasteiger charge is 2.60. The van der Waals surface area contributed by atoms with Gasteiger partial charge in [0.15, 0.2) is 0 Å². The number of carbonyl (C=O) groups is 2. The second-order valence-electron chi connectivity index (χ2n) is 5.83. The fourth-order valence-electron chi connectivity index (χ4n) is 3.04. The topological polar surface area (TPSA) is 63.6 Å². The first kappa shape index (κ1) is 16.8. The molecule has 4 nitrogen and oxygen atoms in total. The van der Waals surface area contributed by atoms with Crippen LogP contribution in [-0.2, 0) is 9.53 Å². The average Bonchev–Trinajstić information content (AvgIpc) is 3.27. The molecular weight excluding hydrogens is 304 g/mol. The summed E-state index contributed by atoms with van der Waals surface area (Å²) >= 11 is 5.65. The van der Waals surface area contributed by atoms with Gasteiger partial charge < -0.3 is 9.84 Å². The van der Waals surface area contributed by atoms with E-state index in [2.05, 4.69) is 4.74 Å². The minimum Gasteiger partial charge on any atom is -0.481 e. The maximum absolute atomic E-state index is 11.7. The Hall–Kier alpha value is -1.55. The largest absolute Gasteiger partial charge is 0.481 e. The Morgan fingerprint density at radius 1 is 1.27 bits per heavy atom. The molecule has 1 saturated carbocycles. The van der Waals surface area contributed by atoms with Crippen molar-refractivity contribution in [3.05, 3.63) is 35.4 Å². The van der Waals surface area contributed by atoms with Crippen LogP contribution in [0.2, 0.25) is 0 Å². The smallest absolute Gasteiger partial charge is 0.337 e. The first-order valence-corrected chi connectivity index (χ1v) is 8.06. The van der Waals surface area contributed by atoms with Gasteiger partial charge >= 0.3 is 11.9 Å². The number of carboxylic acids is 1. The van der Waals surface area contributed by atoms with Gasteiger partial charge in [-0.25, -0.2) is 4.79 Å². The number of esters is 1. The van der Waals surface area contributed by atoms with E-state index in [1.165, 1.54) is 7.11 Å². The summed E-state index contributed by atoms with van der Waals surface area (Å²) in [6.45, 7) is 0. The summed E-state index contributed by atoms with van der Waals surface area (Å²) in [5.74, 6) is -0.445. The molecular formula is C17H21ClO4. The normalized spacial score (nSPS) is 23.1. The molecule has 0 aromatic heterocycles. The van der Waals surface area contributed by atoms with Crippen LogP contribution in [0.1, 0.15) is 53.9 Å². The summed E-state index contributed by atoms with van der Waals surface area (Å²) in [6, 6.07) is 7.06. The predicted molar refractivity (Wildman–Crippen MR) is 84.4 cm³/mol. The summed E-state index contributed by atoms with van der Waals surface area (Å²) in [6.07, 6.45) is 4.13. The molecule has 1 aliphatic carbocycles. The molecule has 2 rings (SSSR count). The third-order valence-corrected chi connectivity index (χ3v) is 4.76. The lowest BCUT2D eigenvalue weighted by molar-refractivity contribution is -0.143. The zero-order valence-electron chi connectivity index (χ0n) is 12.7. The Morgan fingerprint density at radius 2 is 1.95 bits per heavy atom. The number of alkyl halides is 1. The van der Waals surface area contributed by atoms with Gasteiger partial charge in [0.2, 0.25) is 0 Å². The fourth-order valence-corrected chi connectivity index (χ4v) is 3.23. The monoisotopic (exact) mass is 324 g/mol. The van der Waals surface area contributed by atoms with Crippen molar-refractivity contribution < 1.29 is 19.4 Å². The van der Waals surface area contributed by atoms with Crippen LogP contribution in [-0.4, -0.2) is 30.0 Å². The van der Waals surface area contributed by atoms with Crippen molar-refractivity contribution in [3.63, 3.8) is 0 Å². The zero-order valence-corrected chi connectivity index (χ0v) is 13.4. The lowest BCUT2D eigenvalue weighted by atomic mass is 9.92. The van der Waals surface area contributed by atoms with Gasteiger partial charge in [-0.1, -0.05) is 25.0 Å². The van der Waals surface area contributed by atoms with E-state index in [4.69, 9.17) is 11.6 Å². The highest BCUT2D eigenvalue weighted by molar-refractivity contribution is 6.17. The molecule has 1 aromatic rings. The van der Waals surface area contributed by atoms with Gasteiger partial charge in [-0.05, 0) is 37.0 Å². The summed E-state index contributed by atoms with van der Waals surface area (Å²) in [5.41, 5.74) is 0.821. The number of hydrogen-bond acceptors (Lipinski definition) is 3. The summed E-state index contributed by atoms with van der Waals surface area (Å²) in [4.78, 5) is 23.1. The predicted octanol–water partition coefficient (Wildman–Crippen LogP) is 3.83. The summed E-state index contributed by atoms with van der Waals surface area (Å²) in [5, 5.41) is 9.57. The SMILES string of the molecule is COC(=O)c1ccc([C@H]2C[C@@]2(CCCCCCl)C(=O)O)cc1. The van der Waals surface area contributed by atoms with Crippen molar-refractivity contribution in [2.24, 2.45) is 5.41 Å². The van der Waals surface area contributed by atoms with Crippen molar-refractivity contribution >= 4 is 23.5 Å². The maximum Gasteiger partial charge on any atom is 0.337 e. The molecule has 2 atom stereocenters. The molecule has 0 heterocycles. The molecule has 1 N–H and O–H groups in total. The van der Waals surface area contributed by atoms with E-state index in [0.29, 0.717) is 24.3 Å². The number of hydrogen-bond donors (Lipinski definition) is 1. The molecule has 0 bridgehead atoms. The first-order valence-electron chi connectivity index (χ1n) is 7.53. The van der Waals surface area contributed by atoms with Crippen molar-refractivity contribution in [2.75, 3.05) is 13.0 Å². The Morgan fingerprint density at radius 3 is 2.50 bits per heavy atom. The van der Waals surface area contributed by atoms with Gasteiger partial charge in [-0.3, -0.25) is 4.79 Å². The van der Waals surface area contributed by atoms with E-state index in [0.717, 1.165) is 24.8 Å². The minimum absolute atomic E-state index is 0.0349. The van der Waals surface area contributed by atoms with Crippen LogP contribution in [0, 0.1) is 5.41 Å². The van der Waals surface area contributed by atoms with Gasteiger partial charge in [-0.2, -0.15) is 0 Å². The highest BCUT2D eigenvalue weighted by atomic mass is 35.5. The van der Waals surface area contributed by atoms with Gasteiger partial charge in [0.1, 0.15) is 0 Å². The Bertz CT molecular complexity index is 540. The van der Waals surface area contributed by atoms with Crippen molar-refractivity contribution in [1.29, 1.82) is 0 Å². The second kappa shape index (κ2) is 7.14. The van der Waals surface area contributed by atoms with Crippen LogP contribution < -0.4 is 0 Å². The second-order valence-corrected chi connectivity index (χ2v) is 6.21. The number of aliphatic carboxylic acids is 1. The number of carboxylic acid groups (broad SMARTS) is 1. The summed E-state index contributed by atoms with van der Waals surface area (Å²) in [7, 11) is 1.34. The number of ether oxygens (including phenoxy) is 1. The molecule has 0 saturated heterocycles. The molecule has 0 radical (unpaired) electrons. The lowest BCUT2D eigenvalue weighted by Gasteiger charge is -2.12. The van der Waals surface area contributed by atoms with Gasteiger partial charge in [0.25, 0.3) is 0 Å². The molecule has 5 heteroatoms. The number of methoxy groups -OCH3 is 1. The van der Waals surface area contributed by atoms with Crippen LogP contribution in [0.5, 0.6) is 0 Å². The van der Waals surface area contributed by atoms with Crippen LogP contribution >= 0.6 is 11.6 Å². The van der Waals surface area contributed by atoms with Gasteiger partial charge in [0.05, 0.1) is 18.1 Å². The van der Waals surface area contributed by atoms with Crippen molar-refractivity contribution in [2.45, 2.75) is 38.0 Å². The van der Waals surface area contributed by atoms with Crippen molar-refractivity contribution in [3.8, 4) is 0 Å². The number of rotatable bonds is 8. The van der Waals surface area contributed by atoms with E-state index in [9.17, 15) is 14.7 Å². The highest BCUT2D eigenvalue weighted by Crippen LogP contribution is 2.62. The number of unbranched alkanes of at least 4 members (excludes halogenated alkanes) is 2. The molecule has 120 valence electrons. The fraction of sp³-hybridized carbons (Fsp3) is 0.529. The number of carbonyl (C=O) groups excluding carboxylic acids is 1. The van der Waals surface area contributed by atoms with E-state index in [1.54, 1.807) is 12.1 Å². The lowest BCUT2D eigenvalue weighted by Crippen LogP contribution is -2.17. The van der Waals surface area contributed by atoms with Crippen molar-refractivity contribution in [1.82, 2.24) is 0 Å². The molecule has 0 aliphatic heterocycles. The molecule has 1 fully saturated rings. The molecule has 1 aromatic carbocycles. The third-order valence-electron chi connectivity index (χ3n) is 4.49. The molecule has 0 unspecified atom stereocenters. The Balaban J connectivity index is 2.03. The maximum atomic E-state index is 11.7. The van der Waals surface area contributed by atoms with E-state index >= 15 is 0 Å². The summed E-state index contributed by atoms with van der Waals surface area (Å²) < 4.78 is 4.66. The van der Waals surface area contributed by atoms with E-state index in [1.807, 2.05) is 12.1 Å². The zero-order chi connectivity index (χ0) is 16.2. The third kappa shape index (κ3) is 3.43.